The van der Waals surface area contributed by atoms with Crippen molar-refractivity contribution in [1.82, 2.24) is 8.96 Å². The highest BCUT2D eigenvalue weighted by molar-refractivity contribution is 7.78. The summed E-state index contributed by atoms with van der Waals surface area (Å²) in [7, 11) is 0. The van der Waals surface area contributed by atoms with Gasteiger partial charge >= 0.3 is 6.11 Å². The van der Waals surface area contributed by atoms with E-state index in [0.29, 0.717) is 11.3 Å². The monoisotopic (exact) mass is 303 g/mol. The summed E-state index contributed by atoms with van der Waals surface area (Å²) in [6, 6.07) is 1.71. The lowest BCUT2D eigenvalue weighted by Crippen LogP contribution is -2.50. The molecule has 1 aliphatic rings. The van der Waals surface area contributed by atoms with Crippen molar-refractivity contribution in [2.24, 2.45) is 0 Å². The van der Waals surface area contributed by atoms with Crippen molar-refractivity contribution in [3.8, 4) is 0 Å². The van der Waals surface area contributed by atoms with Gasteiger partial charge in [-0.3, -0.25) is 8.71 Å². The number of hydrogen-bond acceptors (Lipinski definition) is 4. The van der Waals surface area contributed by atoms with Gasteiger partial charge in [-0.25, -0.2) is 9.37 Å². The number of aromatic nitrogens is 2. The third kappa shape index (κ3) is 2.33. The number of fused-ring (bicyclic) bond motifs is 1. The zero-order valence-corrected chi connectivity index (χ0v) is 11.4. The molecule has 0 aromatic carbocycles. The highest BCUT2D eigenvalue weighted by Crippen LogP contribution is 2.31. The van der Waals surface area contributed by atoms with Gasteiger partial charge in [-0.2, -0.15) is 8.78 Å². The minimum atomic E-state index is -3.50. The maximum Gasteiger partial charge on any atom is 0.375 e. The molecule has 0 bridgehead atoms. The van der Waals surface area contributed by atoms with E-state index in [-0.39, 0.29) is 6.54 Å². The second-order valence-electron chi connectivity index (χ2n) is 4.77. The number of nitrogens with zero attached hydrogens (tertiary/aromatic N) is 3. The van der Waals surface area contributed by atoms with E-state index in [1.165, 1.54) is 11.1 Å². The molecule has 1 saturated heterocycles. The van der Waals surface area contributed by atoms with Crippen LogP contribution in [0.15, 0.2) is 18.5 Å². The summed E-state index contributed by atoms with van der Waals surface area (Å²) in [6.07, 6.45) is -2.32. The van der Waals surface area contributed by atoms with E-state index in [2.05, 4.69) is 22.5 Å². The van der Waals surface area contributed by atoms with Crippen molar-refractivity contribution in [3.05, 3.63) is 24.0 Å². The molecule has 20 heavy (non-hydrogen) atoms. The van der Waals surface area contributed by atoms with Crippen LogP contribution in [-0.2, 0) is 4.74 Å². The van der Waals surface area contributed by atoms with E-state index in [1.54, 1.807) is 16.2 Å². The minimum Gasteiger partial charge on any atom is -0.356 e. The average molecular weight is 303 g/mol. The van der Waals surface area contributed by atoms with Crippen LogP contribution in [0.1, 0.15) is 5.56 Å². The van der Waals surface area contributed by atoms with E-state index in [9.17, 15) is 13.2 Å². The molecule has 0 saturated carbocycles. The predicted molar refractivity (Wildman–Crippen MR) is 72.0 cm³/mol. The smallest absolute Gasteiger partial charge is 0.356 e. The largest absolute Gasteiger partial charge is 0.375 e. The van der Waals surface area contributed by atoms with Gasteiger partial charge in [0.05, 0.1) is 18.4 Å². The number of halogens is 3. The van der Waals surface area contributed by atoms with Crippen LogP contribution >= 0.6 is 12.8 Å². The van der Waals surface area contributed by atoms with Crippen LogP contribution in [0.4, 0.5) is 18.9 Å². The van der Waals surface area contributed by atoms with Crippen LogP contribution in [0.5, 0.6) is 0 Å². The fourth-order valence-corrected chi connectivity index (χ4v) is 2.66. The van der Waals surface area contributed by atoms with Gasteiger partial charge < -0.3 is 4.90 Å². The molecule has 0 N–H and O–H groups in total. The topological polar surface area (TPSA) is 30.3 Å². The first-order valence-electron chi connectivity index (χ1n) is 5.97. The molecule has 0 radical (unpaired) electrons. The summed E-state index contributed by atoms with van der Waals surface area (Å²) in [6.45, 7) is 0.928. The van der Waals surface area contributed by atoms with E-state index in [0.717, 1.165) is 10.9 Å². The molecule has 2 aromatic rings. The van der Waals surface area contributed by atoms with Gasteiger partial charge in [0, 0.05) is 11.6 Å². The van der Waals surface area contributed by atoms with E-state index >= 15 is 0 Å². The van der Waals surface area contributed by atoms with Gasteiger partial charge in [-0.05, 0) is 18.6 Å². The number of thiol groups is 1. The number of rotatable bonds is 1. The van der Waals surface area contributed by atoms with Crippen molar-refractivity contribution >= 4 is 29.5 Å². The summed E-state index contributed by atoms with van der Waals surface area (Å²) in [5, 5.41) is 0.794. The minimum absolute atomic E-state index is 0.247. The Bertz CT molecular complexity index is 661. The van der Waals surface area contributed by atoms with Gasteiger partial charge in [0.1, 0.15) is 12.2 Å². The first kappa shape index (κ1) is 13.6. The molecule has 1 fully saturated rings. The molecule has 2 aromatic heterocycles. The third-order valence-corrected chi connectivity index (χ3v) is 3.52. The Morgan fingerprint density at radius 1 is 1.50 bits per heavy atom. The van der Waals surface area contributed by atoms with Crippen LogP contribution in [0.3, 0.4) is 0 Å². The van der Waals surface area contributed by atoms with E-state index < -0.39 is 19.0 Å². The van der Waals surface area contributed by atoms with Gasteiger partial charge in [0.15, 0.2) is 0 Å². The van der Waals surface area contributed by atoms with Crippen molar-refractivity contribution in [3.63, 3.8) is 0 Å². The number of pyridine rings is 1. The Hall–Kier alpha value is -1.41. The molecule has 8 heteroatoms. The summed E-state index contributed by atoms with van der Waals surface area (Å²) < 4.78 is 45.2. The van der Waals surface area contributed by atoms with Crippen LogP contribution in [0.25, 0.3) is 11.0 Å². The van der Waals surface area contributed by atoms with Crippen LogP contribution in [0, 0.1) is 6.92 Å². The molecule has 0 amide bonds. The first-order chi connectivity index (χ1) is 9.35. The SMILES string of the molecule is Cc1cn(S)c2ncc(N3CC(F)OC(F)(F)C3)cc12. The molecule has 4 nitrogen and oxygen atoms in total. The molecule has 3 rings (SSSR count). The third-order valence-electron chi connectivity index (χ3n) is 3.21. The van der Waals surface area contributed by atoms with Gasteiger partial charge in [-0.15, -0.1) is 0 Å². The maximum absolute atomic E-state index is 13.2. The van der Waals surface area contributed by atoms with Crippen molar-refractivity contribution in [2.75, 3.05) is 18.0 Å². The molecule has 1 aliphatic heterocycles. The molecule has 108 valence electrons. The quantitative estimate of drug-likeness (QED) is 0.822. The Kier molecular flexibility index (Phi) is 3.09. The first-order valence-corrected chi connectivity index (χ1v) is 6.37. The second kappa shape index (κ2) is 4.56. The summed E-state index contributed by atoms with van der Waals surface area (Å²) in [5.41, 5.74) is 1.98. The summed E-state index contributed by atoms with van der Waals surface area (Å²) in [4.78, 5) is 5.42. The van der Waals surface area contributed by atoms with Crippen molar-refractivity contribution in [2.45, 2.75) is 19.4 Å². The standard InChI is InChI=1S/C12H12F3N3OS/c1-7-4-18(20)11-9(7)2-8(3-16-11)17-5-10(13)19-12(14,15)6-17/h2-4,10,20H,5-6H2,1H3. The number of anilines is 1. The fraction of sp³-hybridized carbons (Fsp3) is 0.417. The fourth-order valence-electron chi connectivity index (χ4n) is 2.32. The Balaban J connectivity index is 1.99. The molecular weight excluding hydrogens is 291 g/mol. The van der Waals surface area contributed by atoms with Gasteiger partial charge in [0.25, 0.3) is 0 Å². The highest BCUT2D eigenvalue weighted by Gasteiger charge is 2.42. The van der Waals surface area contributed by atoms with E-state index in [4.69, 9.17) is 0 Å². The average Bonchev–Trinajstić information content (AvgIpc) is 2.62. The number of ether oxygens (including phenoxy) is 1. The molecular formula is C12H12F3N3OS. The summed E-state index contributed by atoms with van der Waals surface area (Å²) in [5.74, 6) is 0. The molecule has 1 atom stereocenters. The normalized spacial score (nSPS) is 22.4. The predicted octanol–water partition coefficient (Wildman–Crippen LogP) is 2.76. The number of alkyl halides is 3. The number of hydrogen-bond donors (Lipinski definition) is 1. The Morgan fingerprint density at radius 3 is 2.95 bits per heavy atom. The molecule has 3 heterocycles. The molecule has 1 unspecified atom stereocenters. The highest BCUT2D eigenvalue weighted by atomic mass is 32.1. The lowest BCUT2D eigenvalue weighted by Gasteiger charge is -2.35. The van der Waals surface area contributed by atoms with E-state index in [1.807, 2.05) is 6.92 Å². The number of morpholine rings is 1. The second-order valence-corrected chi connectivity index (χ2v) is 5.20. The Morgan fingerprint density at radius 2 is 2.25 bits per heavy atom. The number of aryl methyl sites for hydroxylation is 1. The zero-order valence-electron chi connectivity index (χ0n) is 10.6. The van der Waals surface area contributed by atoms with Crippen molar-refractivity contribution in [1.29, 1.82) is 0 Å². The summed E-state index contributed by atoms with van der Waals surface area (Å²) >= 11 is 4.21. The van der Waals surface area contributed by atoms with Crippen LogP contribution in [0.2, 0.25) is 0 Å². The maximum atomic E-state index is 13.2. The Labute approximate surface area is 118 Å². The van der Waals surface area contributed by atoms with Crippen LogP contribution in [-0.4, -0.2) is 34.5 Å². The van der Waals surface area contributed by atoms with Crippen LogP contribution < -0.4 is 4.90 Å². The zero-order chi connectivity index (χ0) is 14.5. The van der Waals surface area contributed by atoms with Gasteiger partial charge in [0.2, 0.25) is 6.36 Å². The van der Waals surface area contributed by atoms with Crippen molar-refractivity contribution < 1.29 is 17.9 Å². The van der Waals surface area contributed by atoms with Gasteiger partial charge in [-0.1, -0.05) is 12.8 Å². The molecule has 0 aliphatic carbocycles. The lowest BCUT2D eigenvalue weighted by molar-refractivity contribution is -0.292. The molecule has 0 spiro atoms. The lowest BCUT2D eigenvalue weighted by atomic mass is 10.2.